The van der Waals surface area contributed by atoms with Gasteiger partial charge in [-0.2, -0.15) is 0 Å². The van der Waals surface area contributed by atoms with Gasteiger partial charge in [-0.25, -0.2) is 13.6 Å². The molecule has 0 heterocycles. The van der Waals surface area contributed by atoms with Gasteiger partial charge in [0.1, 0.15) is 0 Å². The van der Waals surface area contributed by atoms with E-state index in [1.807, 2.05) is 0 Å². The number of amides is 3. The topological polar surface area (TPSA) is 58.2 Å². The number of hydrogen-bond acceptors (Lipinski definition) is 3. The van der Waals surface area contributed by atoms with E-state index in [0.29, 0.717) is 4.90 Å². The summed E-state index contributed by atoms with van der Waals surface area (Å²) >= 11 is 1.03. The quantitative estimate of drug-likeness (QED) is 0.828. The van der Waals surface area contributed by atoms with Crippen LogP contribution in [-0.2, 0) is 4.79 Å². The maximum absolute atomic E-state index is 12.9. The van der Waals surface area contributed by atoms with E-state index in [1.165, 1.54) is 13.1 Å². The Labute approximate surface area is 107 Å². The lowest BCUT2D eigenvalue weighted by Gasteiger charge is -2.10. The fourth-order valence-electron chi connectivity index (χ4n) is 1.08. The van der Waals surface area contributed by atoms with Crippen LogP contribution in [0.4, 0.5) is 13.6 Å². The van der Waals surface area contributed by atoms with Gasteiger partial charge in [-0.1, -0.05) is 0 Å². The lowest BCUT2D eigenvalue weighted by molar-refractivity contribution is -0.119. The molecule has 18 heavy (non-hydrogen) atoms. The number of benzene rings is 1. The van der Waals surface area contributed by atoms with Crippen LogP contribution in [0.2, 0.25) is 0 Å². The third-order valence-corrected chi connectivity index (χ3v) is 3.13. The maximum Gasteiger partial charge on any atom is 0.321 e. The molecule has 7 heteroatoms. The molecule has 0 bridgehead atoms. The van der Waals surface area contributed by atoms with Crippen LogP contribution in [0.15, 0.2) is 23.1 Å². The van der Waals surface area contributed by atoms with Crippen LogP contribution >= 0.6 is 11.8 Å². The number of carbonyl (C=O) groups is 2. The fourth-order valence-corrected chi connectivity index (χ4v) is 1.98. The van der Waals surface area contributed by atoms with E-state index in [0.717, 1.165) is 23.9 Å². The molecule has 1 rings (SSSR count). The highest BCUT2D eigenvalue weighted by Gasteiger charge is 2.17. The van der Waals surface area contributed by atoms with Gasteiger partial charge in [-0.15, -0.1) is 11.8 Å². The van der Waals surface area contributed by atoms with Crippen molar-refractivity contribution < 1.29 is 18.4 Å². The Kier molecular flexibility index (Phi) is 5.08. The summed E-state index contributed by atoms with van der Waals surface area (Å²) in [5.74, 6) is -2.43. The number of carbonyl (C=O) groups excluding carboxylic acids is 2. The lowest BCUT2D eigenvalue weighted by Crippen LogP contribution is -2.41. The zero-order chi connectivity index (χ0) is 13.7. The Bertz CT molecular complexity index is 468. The fraction of sp³-hybridized carbons (Fsp3) is 0.273. The molecule has 2 N–H and O–H groups in total. The van der Waals surface area contributed by atoms with Crippen LogP contribution in [0, 0.1) is 11.6 Å². The van der Waals surface area contributed by atoms with Gasteiger partial charge in [0, 0.05) is 11.9 Å². The zero-order valence-corrected chi connectivity index (χ0v) is 10.6. The van der Waals surface area contributed by atoms with Gasteiger partial charge in [0.15, 0.2) is 11.6 Å². The molecular formula is C11H12F2N2O2S. The molecule has 1 aromatic carbocycles. The third kappa shape index (κ3) is 3.99. The Morgan fingerprint density at radius 1 is 1.28 bits per heavy atom. The van der Waals surface area contributed by atoms with E-state index in [-0.39, 0.29) is 0 Å². The van der Waals surface area contributed by atoms with E-state index in [1.54, 1.807) is 6.92 Å². The summed E-state index contributed by atoms with van der Waals surface area (Å²) in [6.07, 6.45) is 0. The molecular weight excluding hydrogens is 262 g/mol. The van der Waals surface area contributed by atoms with E-state index < -0.39 is 28.8 Å². The highest BCUT2D eigenvalue weighted by molar-refractivity contribution is 8.00. The molecule has 0 aliphatic carbocycles. The predicted molar refractivity (Wildman–Crippen MR) is 64.3 cm³/mol. The molecule has 4 nitrogen and oxygen atoms in total. The first-order valence-electron chi connectivity index (χ1n) is 5.08. The van der Waals surface area contributed by atoms with Gasteiger partial charge >= 0.3 is 6.03 Å². The molecule has 0 aliphatic rings. The predicted octanol–water partition coefficient (Wildman–Crippen LogP) is 1.90. The highest BCUT2D eigenvalue weighted by atomic mass is 32.2. The van der Waals surface area contributed by atoms with E-state index >= 15 is 0 Å². The summed E-state index contributed by atoms with van der Waals surface area (Å²) in [5.41, 5.74) is 0. The third-order valence-electron chi connectivity index (χ3n) is 2.04. The average Bonchev–Trinajstić information content (AvgIpc) is 2.33. The highest BCUT2D eigenvalue weighted by Crippen LogP contribution is 2.24. The second kappa shape index (κ2) is 6.34. The number of rotatable bonds is 3. The van der Waals surface area contributed by atoms with E-state index in [2.05, 4.69) is 10.6 Å². The molecule has 0 aliphatic heterocycles. The normalized spacial score (nSPS) is 11.8. The minimum Gasteiger partial charge on any atom is -0.341 e. The first kappa shape index (κ1) is 14.4. The Morgan fingerprint density at radius 2 is 1.94 bits per heavy atom. The SMILES string of the molecule is CNC(=O)NC(=O)[C@H](C)Sc1ccc(F)c(F)c1. The van der Waals surface area contributed by atoms with Crippen molar-refractivity contribution in [2.75, 3.05) is 7.05 Å². The number of imide groups is 1. The van der Waals surface area contributed by atoms with Crippen molar-refractivity contribution in [3.05, 3.63) is 29.8 Å². The van der Waals surface area contributed by atoms with Crippen molar-refractivity contribution in [2.45, 2.75) is 17.1 Å². The number of thioether (sulfide) groups is 1. The molecule has 0 unspecified atom stereocenters. The molecule has 0 fully saturated rings. The van der Waals surface area contributed by atoms with E-state index in [9.17, 15) is 18.4 Å². The number of hydrogen-bond donors (Lipinski definition) is 2. The minimum absolute atomic E-state index is 0.411. The summed E-state index contributed by atoms with van der Waals surface area (Å²) in [5, 5.41) is 3.73. The van der Waals surface area contributed by atoms with Crippen LogP contribution in [0.25, 0.3) is 0 Å². The standard InChI is InChI=1S/C11H12F2N2O2S/c1-6(10(16)15-11(17)14-2)18-7-3-4-8(12)9(13)5-7/h3-6H,1-2H3,(H2,14,15,16,17)/t6-/m0/s1. The molecule has 0 saturated heterocycles. The van der Waals surface area contributed by atoms with Gasteiger partial charge in [0.2, 0.25) is 5.91 Å². The van der Waals surface area contributed by atoms with Crippen molar-refractivity contribution in [3.8, 4) is 0 Å². The smallest absolute Gasteiger partial charge is 0.321 e. The number of nitrogens with one attached hydrogen (secondary N) is 2. The molecule has 3 amide bonds. The van der Waals surface area contributed by atoms with Crippen molar-refractivity contribution in [3.63, 3.8) is 0 Å². The minimum atomic E-state index is -0.973. The molecule has 0 aromatic heterocycles. The number of halogens is 2. The second-order valence-electron chi connectivity index (χ2n) is 3.40. The second-order valence-corrected chi connectivity index (χ2v) is 4.82. The van der Waals surface area contributed by atoms with Crippen LogP contribution < -0.4 is 10.6 Å². The van der Waals surface area contributed by atoms with Crippen molar-refractivity contribution in [2.24, 2.45) is 0 Å². The molecule has 0 spiro atoms. The van der Waals surface area contributed by atoms with Crippen molar-refractivity contribution in [1.82, 2.24) is 10.6 Å². The summed E-state index contributed by atoms with van der Waals surface area (Å²) in [4.78, 5) is 22.8. The number of urea groups is 1. The molecule has 1 atom stereocenters. The van der Waals surface area contributed by atoms with Crippen LogP contribution in [0.5, 0.6) is 0 Å². The Morgan fingerprint density at radius 3 is 2.50 bits per heavy atom. The van der Waals surface area contributed by atoms with Gasteiger partial charge in [0.25, 0.3) is 0 Å². The van der Waals surface area contributed by atoms with Crippen LogP contribution in [-0.4, -0.2) is 24.2 Å². The molecule has 1 aromatic rings. The van der Waals surface area contributed by atoms with Gasteiger partial charge in [-0.3, -0.25) is 10.1 Å². The summed E-state index contributed by atoms with van der Waals surface area (Å²) < 4.78 is 25.6. The largest absolute Gasteiger partial charge is 0.341 e. The summed E-state index contributed by atoms with van der Waals surface area (Å²) in [6.45, 7) is 1.56. The van der Waals surface area contributed by atoms with Crippen LogP contribution in [0.3, 0.4) is 0 Å². The first-order chi connectivity index (χ1) is 8.43. The average molecular weight is 274 g/mol. The van der Waals surface area contributed by atoms with Crippen molar-refractivity contribution >= 4 is 23.7 Å². The lowest BCUT2D eigenvalue weighted by atomic mass is 10.3. The summed E-state index contributed by atoms with van der Waals surface area (Å²) in [6, 6.07) is 2.75. The maximum atomic E-state index is 12.9. The van der Waals surface area contributed by atoms with Gasteiger partial charge < -0.3 is 5.32 Å². The summed E-state index contributed by atoms with van der Waals surface area (Å²) in [7, 11) is 1.38. The molecule has 0 radical (unpaired) electrons. The first-order valence-corrected chi connectivity index (χ1v) is 5.96. The van der Waals surface area contributed by atoms with Gasteiger partial charge in [0.05, 0.1) is 5.25 Å². The van der Waals surface area contributed by atoms with E-state index in [4.69, 9.17) is 0 Å². The zero-order valence-electron chi connectivity index (χ0n) is 9.79. The molecule has 98 valence electrons. The molecule has 0 saturated carbocycles. The Hall–Kier alpha value is -1.63. The Balaban J connectivity index is 2.63. The monoisotopic (exact) mass is 274 g/mol. The van der Waals surface area contributed by atoms with Gasteiger partial charge in [-0.05, 0) is 25.1 Å². The van der Waals surface area contributed by atoms with Crippen molar-refractivity contribution in [1.29, 1.82) is 0 Å². The van der Waals surface area contributed by atoms with Crippen LogP contribution in [0.1, 0.15) is 6.92 Å².